The Bertz CT molecular complexity index is 2220. The minimum absolute atomic E-state index is 0.649. The Labute approximate surface area is 280 Å². The molecule has 3 nitrogen and oxygen atoms in total. The van der Waals surface area contributed by atoms with E-state index in [-0.39, 0.29) is 0 Å². The van der Waals surface area contributed by atoms with E-state index in [1.165, 1.54) is 33.4 Å². The van der Waals surface area contributed by atoms with Crippen LogP contribution in [0.15, 0.2) is 188 Å². The molecule has 0 atom stereocenters. The highest BCUT2D eigenvalue weighted by molar-refractivity contribution is 5.77. The molecular weight excluding hydrogens is 583 g/mol. The molecule has 0 spiro atoms. The SMILES string of the molecule is c1ccc(-c2ccc(-c3ccc(-c4ccc(-c5cccc(-c6nc(-c7ccccc7)nc(-c7ccccc7)n6)c5)cc4)cc3)cc2)cc1. The standard InChI is InChI=1S/C45H31N3/c1-4-11-32(12-5-1)33-19-21-34(22-20-33)35-23-25-36(26-24-35)37-27-29-38(30-28-37)41-17-10-18-42(31-41)45-47-43(39-13-6-2-7-14-39)46-44(48-45)40-15-8-3-9-16-40/h1-31H. The minimum atomic E-state index is 0.649. The number of rotatable bonds is 7. The van der Waals surface area contributed by atoms with Crippen LogP contribution >= 0.6 is 0 Å². The summed E-state index contributed by atoms with van der Waals surface area (Å²) in [5.41, 5.74) is 12.3. The first-order valence-corrected chi connectivity index (χ1v) is 16.1. The Hall–Kier alpha value is -6.45. The molecule has 0 saturated heterocycles. The molecule has 0 aliphatic rings. The fourth-order valence-corrected chi connectivity index (χ4v) is 5.97. The lowest BCUT2D eigenvalue weighted by atomic mass is 9.96. The Morgan fingerprint density at radius 1 is 0.188 bits per heavy atom. The highest BCUT2D eigenvalue weighted by atomic mass is 15.0. The largest absolute Gasteiger partial charge is 0.208 e. The summed E-state index contributed by atoms with van der Waals surface area (Å²) < 4.78 is 0. The summed E-state index contributed by atoms with van der Waals surface area (Å²) in [6, 6.07) is 65.4. The van der Waals surface area contributed by atoms with Gasteiger partial charge in [0.25, 0.3) is 0 Å². The molecule has 0 N–H and O–H groups in total. The molecule has 1 aromatic heterocycles. The van der Waals surface area contributed by atoms with Crippen molar-refractivity contribution in [3.63, 3.8) is 0 Å². The van der Waals surface area contributed by atoms with Gasteiger partial charge >= 0.3 is 0 Å². The smallest absolute Gasteiger partial charge is 0.164 e. The van der Waals surface area contributed by atoms with E-state index in [4.69, 9.17) is 15.0 Å². The fourth-order valence-electron chi connectivity index (χ4n) is 5.97. The zero-order chi connectivity index (χ0) is 32.1. The van der Waals surface area contributed by atoms with Gasteiger partial charge in [0.1, 0.15) is 0 Å². The van der Waals surface area contributed by atoms with E-state index in [1.54, 1.807) is 0 Å². The molecule has 0 radical (unpaired) electrons. The summed E-state index contributed by atoms with van der Waals surface area (Å²) in [5.74, 6) is 1.96. The number of nitrogens with zero attached hydrogens (tertiary/aromatic N) is 3. The second-order valence-corrected chi connectivity index (χ2v) is 11.7. The van der Waals surface area contributed by atoms with Crippen molar-refractivity contribution in [1.29, 1.82) is 0 Å². The van der Waals surface area contributed by atoms with Crippen molar-refractivity contribution < 1.29 is 0 Å². The van der Waals surface area contributed by atoms with Crippen LogP contribution in [0, 0.1) is 0 Å². The van der Waals surface area contributed by atoms with E-state index < -0.39 is 0 Å². The van der Waals surface area contributed by atoms with E-state index >= 15 is 0 Å². The summed E-state index contributed by atoms with van der Waals surface area (Å²) in [4.78, 5) is 14.7. The van der Waals surface area contributed by atoms with Gasteiger partial charge in [0.15, 0.2) is 17.5 Å². The van der Waals surface area contributed by atoms with Crippen LogP contribution in [-0.2, 0) is 0 Å². The molecule has 0 aliphatic heterocycles. The number of aromatic nitrogens is 3. The predicted octanol–water partition coefficient (Wildman–Crippen LogP) is 11.5. The summed E-state index contributed by atoms with van der Waals surface area (Å²) in [6.07, 6.45) is 0. The van der Waals surface area contributed by atoms with E-state index in [0.29, 0.717) is 17.5 Å². The molecule has 0 amide bonds. The van der Waals surface area contributed by atoms with Gasteiger partial charge in [-0.1, -0.05) is 182 Å². The fraction of sp³-hybridized carbons (Fsp3) is 0. The molecule has 1 heterocycles. The Kier molecular flexibility index (Phi) is 7.92. The van der Waals surface area contributed by atoms with Crippen molar-refractivity contribution in [2.75, 3.05) is 0 Å². The summed E-state index contributed by atoms with van der Waals surface area (Å²) in [7, 11) is 0. The maximum atomic E-state index is 4.91. The van der Waals surface area contributed by atoms with E-state index in [2.05, 4.69) is 121 Å². The zero-order valence-corrected chi connectivity index (χ0v) is 26.2. The van der Waals surface area contributed by atoms with E-state index in [0.717, 1.165) is 27.8 Å². The van der Waals surface area contributed by atoms with Gasteiger partial charge in [0, 0.05) is 16.7 Å². The zero-order valence-electron chi connectivity index (χ0n) is 26.2. The molecule has 8 aromatic rings. The lowest BCUT2D eigenvalue weighted by Gasteiger charge is -2.10. The normalized spacial score (nSPS) is 10.9. The first kappa shape index (κ1) is 29.0. The highest BCUT2D eigenvalue weighted by Gasteiger charge is 2.13. The van der Waals surface area contributed by atoms with Crippen molar-refractivity contribution in [3.05, 3.63) is 188 Å². The molecule has 0 saturated carbocycles. The molecule has 3 heteroatoms. The van der Waals surface area contributed by atoms with Crippen LogP contribution in [0.25, 0.3) is 78.7 Å². The van der Waals surface area contributed by atoms with Crippen molar-refractivity contribution in [2.45, 2.75) is 0 Å². The van der Waals surface area contributed by atoms with Crippen LogP contribution < -0.4 is 0 Å². The molecule has 0 aliphatic carbocycles. The molecule has 0 bridgehead atoms. The van der Waals surface area contributed by atoms with Gasteiger partial charge in [0.2, 0.25) is 0 Å². The average Bonchev–Trinajstić information content (AvgIpc) is 3.19. The maximum Gasteiger partial charge on any atom is 0.164 e. The van der Waals surface area contributed by atoms with Crippen LogP contribution in [0.2, 0.25) is 0 Å². The molecule has 48 heavy (non-hydrogen) atoms. The first-order chi connectivity index (χ1) is 23.8. The van der Waals surface area contributed by atoms with Gasteiger partial charge in [-0.2, -0.15) is 0 Å². The van der Waals surface area contributed by atoms with Crippen LogP contribution in [0.3, 0.4) is 0 Å². The van der Waals surface area contributed by atoms with Crippen LogP contribution in [0.5, 0.6) is 0 Å². The van der Waals surface area contributed by atoms with E-state index in [1.807, 2.05) is 66.7 Å². The minimum Gasteiger partial charge on any atom is -0.208 e. The van der Waals surface area contributed by atoms with E-state index in [9.17, 15) is 0 Å². The topological polar surface area (TPSA) is 38.7 Å². The van der Waals surface area contributed by atoms with Crippen molar-refractivity contribution >= 4 is 0 Å². The average molecular weight is 614 g/mol. The van der Waals surface area contributed by atoms with Crippen LogP contribution in [-0.4, -0.2) is 15.0 Å². The summed E-state index contributed by atoms with van der Waals surface area (Å²) in [5, 5.41) is 0. The van der Waals surface area contributed by atoms with Gasteiger partial charge in [0.05, 0.1) is 0 Å². The maximum absolute atomic E-state index is 4.91. The molecule has 0 unspecified atom stereocenters. The number of benzene rings is 7. The third-order valence-electron chi connectivity index (χ3n) is 8.58. The Morgan fingerprint density at radius 2 is 0.438 bits per heavy atom. The van der Waals surface area contributed by atoms with Crippen molar-refractivity contribution in [3.8, 4) is 78.7 Å². The number of hydrogen-bond donors (Lipinski definition) is 0. The van der Waals surface area contributed by atoms with Crippen LogP contribution in [0.4, 0.5) is 0 Å². The van der Waals surface area contributed by atoms with Gasteiger partial charge in [-0.05, 0) is 50.6 Å². The lowest BCUT2D eigenvalue weighted by molar-refractivity contribution is 1.07. The van der Waals surface area contributed by atoms with Crippen molar-refractivity contribution in [1.82, 2.24) is 15.0 Å². The molecular formula is C45H31N3. The van der Waals surface area contributed by atoms with Crippen molar-refractivity contribution in [2.24, 2.45) is 0 Å². The Morgan fingerprint density at radius 3 is 0.812 bits per heavy atom. The molecule has 8 rings (SSSR count). The predicted molar refractivity (Wildman–Crippen MR) is 198 cm³/mol. The quantitative estimate of drug-likeness (QED) is 0.179. The summed E-state index contributed by atoms with van der Waals surface area (Å²) in [6.45, 7) is 0. The third kappa shape index (κ3) is 6.18. The van der Waals surface area contributed by atoms with Crippen LogP contribution in [0.1, 0.15) is 0 Å². The third-order valence-corrected chi connectivity index (χ3v) is 8.58. The van der Waals surface area contributed by atoms with Gasteiger partial charge in [-0.3, -0.25) is 0 Å². The monoisotopic (exact) mass is 613 g/mol. The second kappa shape index (κ2) is 13.1. The molecule has 7 aromatic carbocycles. The summed E-state index contributed by atoms with van der Waals surface area (Å²) >= 11 is 0. The first-order valence-electron chi connectivity index (χ1n) is 16.1. The number of hydrogen-bond acceptors (Lipinski definition) is 3. The molecule has 226 valence electrons. The van der Waals surface area contributed by atoms with Gasteiger partial charge in [-0.25, -0.2) is 15.0 Å². The highest BCUT2D eigenvalue weighted by Crippen LogP contribution is 2.31. The molecule has 0 fully saturated rings. The lowest BCUT2D eigenvalue weighted by Crippen LogP contribution is -2.00. The Balaban J connectivity index is 1.05. The van der Waals surface area contributed by atoms with Gasteiger partial charge < -0.3 is 0 Å². The second-order valence-electron chi connectivity index (χ2n) is 11.7. The van der Waals surface area contributed by atoms with Gasteiger partial charge in [-0.15, -0.1) is 0 Å².